The molecule has 3 N–H and O–H groups in total. The summed E-state index contributed by atoms with van der Waals surface area (Å²) in [6, 6.07) is 11.5. The number of nitrogens with two attached hydrogens (primary N) is 1. The van der Waals surface area contributed by atoms with Crippen molar-refractivity contribution in [3.05, 3.63) is 47.7 Å². The summed E-state index contributed by atoms with van der Waals surface area (Å²) in [6.07, 6.45) is 2.50. The Morgan fingerprint density at radius 3 is 2.44 bits per heavy atom. The normalized spacial score (nSPS) is 13.9. The topological polar surface area (TPSA) is 126 Å². The van der Waals surface area contributed by atoms with Crippen LogP contribution < -0.4 is 11.1 Å². The number of aromatic nitrogens is 2. The lowest BCUT2D eigenvalue weighted by atomic mass is 10.0. The number of para-hydroxylation sites is 1. The number of piperidine rings is 1. The highest BCUT2D eigenvalue weighted by Gasteiger charge is 2.26. The molecule has 0 spiro atoms. The molecule has 9 heteroatoms. The van der Waals surface area contributed by atoms with Crippen LogP contribution in [0.1, 0.15) is 50.4 Å². The zero-order valence-corrected chi connectivity index (χ0v) is 18.6. The van der Waals surface area contributed by atoms with E-state index in [2.05, 4.69) is 16.5 Å². The van der Waals surface area contributed by atoms with E-state index in [9.17, 15) is 14.9 Å². The van der Waals surface area contributed by atoms with Crippen LogP contribution in [0.15, 0.2) is 42.1 Å². The number of amides is 2. The van der Waals surface area contributed by atoms with Gasteiger partial charge in [0.15, 0.2) is 5.82 Å². The minimum absolute atomic E-state index is 0.117. The van der Waals surface area contributed by atoms with Gasteiger partial charge in [-0.3, -0.25) is 4.79 Å². The third kappa shape index (κ3) is 5.66. The second-order valence-corrected chi connectivity index (χ2v) is 8.54. The van der Waals surface area contributed by atoms with Gasteiger partial charge in [-0.15, -0.1) is 5.10 Å². The third-order valence-electron chi connectivity index (χ3n) is 4.97. The van der Waals surface area contributed by atoms with Crippen LogP contribution in [0.5, 0.6) is 0 Å². The second-order valence-electron chi connectivity index (χ2n) is 8.54. The SMILES string of the molecule is CC(C)(C)OC(=O)N1CCC(=C(CC#N)n2cc(C(N)=O)c(Nc3ccccc3)n2)CC1. The highest BCUT2D eigenvalue weighted by Crippen LogP contribution is 2.28. The molecule has 1 saturated heterocycles. The van der Waals surface area contributed by atoms with Crippen LogP contribution in [0.3, 0.4) is 0 Å². The molecule has 0 radical (unpaired) electrons. The van der Waals surface area contributed by atoms with E-state index in [0.717, 1.165) is 11.3 Å². The number of nitrogens with zero attached hydrogens (tertiary/aromatic N) is 4. The monoisotopic (exact) mass is 436 g/mol. The summed E-state index contributed by atoms with van der Waals surface area (Å²) < 4.78 is 7.00. The molecular weight excluding hydrogens is 408 g/mol. The van der Waals surface area contributed by atoms with Crippen molar-refractivity contribution in [2.45, 2.75) is 45.6 Å². The molecule has 0 saturated carbocycles. The highest BCUT2D eigenvalue weighted by molar-refractivity contribution is 5.98. The fraction of sp³-hybridized carbons (Fsp3) is 0.391. The van der Waals surface area contributed by atoms with Gasteiger partial charge in [-0.25, -0.2) is 9.48 Å². The lowest BCUT2D eigenvalue weighted by Gasteiger charge is -2.31. The molecule has 9 nitrogen and oxygen atoms in total. The minimum atomic E-state index is -0.615. The molecule has 32 heavy (non-hydrogen) atoms. The average Bonchev–Trinajstić information content (AvgIpc) is 3.15. The molecule has 168 valence electrons. The number of carbonyl (C=O) groups is 2. The lowest BCUT2D eigenvalue weighted by molar-refractivity contribution is 0.0236. The Balaban J connectivity index is 1.85. The van der Waals surface area contributed by atoms with Crippen molar-refractivity contribution in [1.29, 1.82) is 5.26 Å². The first kappa shape index (κ1) is 22.9. The molecule has 0 bridgehead atoms. The van der Waals surface area contributed by atoms with Crippen molar-refractivity contribution < 1.29 is 14.3 Å². The summed E-state index contributed by atoms with van der Waals surface area (Å²) in [7, 11) is 0. The van der Waals surface area contributed by atoms with Gasteiger partial charge in [0.25, 0.3) is 5.91 Å². The molecule has 3 rings (SSSR count). The number of carbonyl (C=O) groups excluding carboxylic acids is 2. The summed E-state index contributed by atoms with van der Waals surface area (Å²) in [5.74, 6) is -0.290. The van der Waals surface area contributed by atoms with Gasteiger partial charge in [-0.2, -0.15) is 5.26 Å². The first-order valence-electron chi connectivity index (χ1n) is 10.5. The molecule has 0 atom stereocenters. The summed E-state index contributed by atoms with van der Waals surface area (Å²) >= 11 is 0. The number of allylic oxidation sites excluding steroid dienone is 1. The van der Waals surface area contributed by atoms with E-state index in [4.69, 9.17) is 10.5 Å². The predicted octanol–water partition coefficient (Wildman–Crippen LogP) is 3.88. The first-order valence-corrected chi connectivity index (χ1v) is 10.5. The Bertz CT molecular complexity index is 1050. The number of likely N-dealkylation sites (tertiary alicyclic amines) is 1. The summed E-state index contributed by atoms with van der Waals surface area (Å²) in [5, 5.41) is 17.0. The Morgan fingerprint density at radius 2 is 1.88 bits per heavy atom. The molecule has 1 aromatic heterocycles. The Kier molecular flexibility index (Phi) is 6.83. The molecule has 0 unspecified atom stereocenters. The van der Waals surface area contributed by atoms with E-state index >= 15 is 0 Å². The van der Waals surface area contributed by atoms with Crippen LogP contribution in [0.4, 0.5) is 16.3 Å². The van der Waals surface area contributed by atoms with Crippen molar-refractivity contribution in [3.8, 4) is 6.07 Å². The largest absolute Gasteiger partial charge is 0.444 e. The average molecular weight is 437 g/mol. The quantitative estimate of drug-likeness (QED) is 0.732. The molecule has 1 fully saturated rings. The van der Waals surface area contributed by atoms with E-state index in [0.29, 0.717) is 37.4 Å². The fourth-order valence-electron chi connectivity index (χ4n) is 3.46. The maximum atomic E-state index is 12.3. The van der Waals surface area contributed by atoms with E-state index < -0.39 is 11.5 Å². The van der Waals surface area contributed by atoms with Crippen molar-refractivity contribution in [2.75, 3.05) is 18.4 Å². The van der Waals surface area contributed by atoms with Gasteiger partial charge in [0.2, 0.25) is 0 Å². The van der Waals surface area contributed by atoms with E-state index in [1.165, 1.54) is 0 Å². The zero-order valence-electron chi connectivity index (χ0n) is 18.6. The van der Waals surface area contributed by atoms with Crippen molar-refractivity contribution >= 4 is 29.2 Å². The number of ether oxygens (including phenoxy) is 1. The lowest BCUT2D eigenvalue weighted by Crippen LogP contribution is -2.40. The van der Waals surface area contributed by atoms with E-state index in [1.54, 1.807) is 15.8 Å². The number of hydrogen-bond donors (Lipinski definition) is 2. The number of rotatable bonds is 5. The van der Waals surface area contributed by atoms with Gasteiger partial charge in [0.1, 0.15) is 11.2 Å². The Hall–Kier alpha value is -3.80. The molecule has 1 aliphatic heterocycles. The molecule has 2 amide bonds. The van der Waals surface area contributed by atoms with E-state index in [1.807, 2.05) is 51.1 Å². The van der Waals surface area contributed by atoms with Gasteiger partial charge < -0.3 is 20.7 Å². The zero-order chi connectivity index (χ0) is 23.3. The minimum Gasteiger partial charge on any atom is -0.444 e. The third-order valence-corrected chi connectivity index (χ3v) is 4.97. The van der Waals surface area contributed by atoms with Gasteiger partial charge in [-0.05, 0) is 51.3 Å². The van der Waals surface area contributed by atoms with Crippen LogP contribution in [-0.4, -0.2) is 45.4 Å². The standard InChI is InChI=1S/C23H28N6O3/c1-23(2,3)32-22(31)28-13-10-16(11-14-28)19(9-12-24)29-15-18(20(25)30)21(27-29)26-17-7-5-4-6-8-17/h4-8,15H,9-11,13-14H2,1-3H3,(H2,25,30)(H,26,27). The van der Waals surface area contributed by atoms with Crippen LogP contribution >= 0.6 is 0 Å². The number of nitriles is 1. The Morgan fingerprint density at radius 1 is 1.22 bits per heavy atom. The molecule has 1 aromatic carbocycles. The predicted molar refractivity (Wildman–Crippen MR) is 121 cm³/mol. The molecule has 0 aliphatic carbocycles. The molecule has 1 aliphatic rings. The van der Waals surface area contributed by atoms with Crippen LogP contribution in [0.25, 0.3) is 5.70 Å². The second kappa shape index (κ2) is 9.56. The summed E-state index contributed by atoms with van der Waals surface area (Å²) in [4.78, 5) is 26.0. The maximum Gasteiger partial charge on any atom is 0.410 e. The highest BCUT2D eigenvalue weighted by atomic mass is 16.6. The van der Waals surface area contributed by atoms with Crippen molar-refractivity contribution in [2.24, 2.45) is 5.73 Å². The molecular formula is C23H28N6O3. The van der Waals surface area contributed by atoms with Crippen LogP contribution in [0, 0.1) is 11.3 Å². The fourth-order valence-corrected chi connectivity index (χ4v) is 3.46. The Labute approximate surface area is 187 Å². The van der Waals surface area contributed by atoms with Crippen LogP contribution in [0.2, 0.25) is 0 Å². The van der Waals surface area contributed by atoms with Crippen LogP contribution in [-0.2, 0) is 4.74 Å². The number of benzene rings is 1. The van der Waals surface area contributed by atoms with Gasteiger partial charge in [0, 0.05) is 25.0 Å². The van der Waals surface area contributed by atoms with E-state index in [-0.39, 0.29) is 18.1 Å². The summed E-state index contributed by atoms with van der Waals surface area (Å²) in [6.45, 7) is 6.47. The van der Waals surface area contributed by atoms with Gasteiger partial charge in [-0.1, -0.05) is 18.2 Å². The molecule has 2 aromatic rings. The van der Waals surface area contributed by atoms with Crippen molar-refractivity contribution in [3.63, 3.8) is 0 Å². The number of primary amides is 1. The smallest absolute Gasteiger partial charge is 0.410 e. The number of nitrogens with one attached hydrogen (secondary N) is 1. The summed E-state index contributed by atoms with van der Waals surface area (Å²) in [5.41, 5.74) is 7.71. The number of hydrogen-bond acceptors (Lipinski definition) is 6. The number of anilines is 2. The van der Waals surface area contributed by atoms with Crippen molar-refractivity contribution in [1.82, 2.24) is 14.7 Å². The molecule has 2 heterocycles. The van der Waals surface area contributed by atoms with Gasteiger partial charge >= 0.3 is 6.09 Å². The maximum absolute atomic E-state index is 12.3. The first-order chi connectivity index (χ1) is 15.2. The van der Waals surface area contributed by atoms with Gasteiger partial charge in [0.05, 0.1) is 18.2 Å².